The van der Waals surface area contributed by atoms with E-state index in [-0.39, 0.29) is 11.8 Å². The highest BCUT2D eigenvalue weighted by atomic mass is 79.9. The second-order valence-corrected chi connectivity index (χ2v) is 11.9. The molecule has 194 valence electrons. The number of aromatic hydroxyl groups is 1. The maximum absolute atomic E-state index is 13.4. The lowest BCUT2D eigenvalue weighted by Crippen LogP contribution is -2.48. The van der Waals surface area contributed by atoms with Crippen LogP contribution < -0.4 is 5.46 Å². The summed E-state index contributed by atoms with van der Waals surface area (Å²) in [6.07, 6.45) is 5.04. The molecular weight excluding hydrogens is 551 g/mol. The van der Waals surface area contributed by atoms with E-state index in [4.69, 9.17) is 4.99 Å². The first-order valence-corrected chi connectivity index (χ1v) is 14.6. The number of nitrogens with zero attached hydrogens (tertiary/aromatic N) is 4. The number of aliphatic imine (C=N–C) groups is 1. The van der Waals surface area contributed by atoms with Gasteiger partial charge < -0.3 is 14.9 Å². The molecule has 0 aliphatic carbocycles. The molecule has 1 N–H and O–H groups in total. The molecule has 2 heterocycles. The van der Waals surface area contributed by atoms with Crippen molar-refractivity contribution in [1.29, 1.82) is 0 Å². The number of para-hydroxylation sites is 1. The van der Waals surface area contributed by atoms with Crippen LogP contribution in [0.25, 0.3) is 0 Å². The first-order valence-electron chi connectivity index (χ1n) is 12.3. The summed E-state index contributed by atoms with van der Waals surface area (Å²) in [6.45, 7) is 6.75. The summed E-state index contributed by atoms with van der Waals surface area (Å²) in [7, 11) is 1.09. The number of hydrogen-bond acceptors (Lipinski definition) is 6. The molecular formula is C27H32BBrN4O3S. The first kappa shape index (κ1) is 27.2. The van der Waals surface area contributed by atoms with Crippen LogP contribution in [0.2, 0.25) is 6.82 Å². The van der Waals surface area contributed by atoms with Gasteiger partial charge in [0.15, 0.2) is 7.28 Å². The van der Waals surface area contributed by atoms with Gasteiger partial charge in [-0.15, -0.1) is 0 Å². The molecule has 0 unspecified atom stereocenters. The van der Waals surface area contributed by atoms with E-state index in [0.717, 1.165) is 15.8 Å². The average Bonchev–Trinajstić information content (AvgIpc) is 2.92. The van der Waals surface area contributed by atoms with Gasteiger partial charge in [0.2, 0.25) is 10.0 Å². The summed E-state index contributed by atoms with van der Waals surface area (Å²) in [6, 6.07) is 14.5. The van der Waals surface area contributed by atoms with Crippen molar-refractivity contribution in [3.8, 4) is 5.75 Å². The van der Waals surface area contributed by atoms with E-state index in [1.165, 1.54) is 0 Å². The minimum Gasteiger partial charge on any atom is -0.507 e. The number of phenols is 1. The zero-order valence-electron chi connectivity index (χ0n) is 21.4. The predicted octanol–water partition coefficient (Wildman–Crippen LogP) is 3.61. The molecule has 4 rings (SSSR count). The van der Waals surface area contributed by atoms with Crippen molar-refractivity contribution in [2.75, 3.05) is 27.2 Å². The molecule has 7 nitrogen and oxygen atoms in total. The van der Waals surface area contributed by atoms with Crippen molar-refractivity contribution in [3.63, 3.8) is 0 Å². The Morgan fingerprint density at radius 3 is 2.49 bits per heavy atom. The molecule has 0 radical (unpaired) electrons. The second kappa shape index (κ2) is 11.3. The molecule has 0 spiro atoms. The number of hydrogen-bond donors (Lipinski definition) is 1. The Hall–Kier alpha value is -2.82. The Morgan fingerprint density at radius 2 is 1.84 bits per heavy atom. The summed E-state index contributed by atoms with van der Waals surface area (Å²) in [5.74, 6) is 1.73. The van der Waals surface area contributed by atoms with Gasteiger partial charge in [0.1, 0.15) is 17.4 Å². The van der Waals surface area contributed by atoms with Crippen molar-refractivity contribution >= 4 is 44.4 Å². The summed E-state index contributed by atoms with van der Waals surface area (Å²) < 4.78 is 29.2. The first-order chi connectivity index (χ1) is 17.7. The Bertz CT molecular complexity index is 1380. The van der Waals surface area contributed by atoms with Crippen molar-refractivity contribution in [2.45, 2.75) is 30.6 Å². The molecule has 2 aromatic carbocycles. The largest absolute Gasteiger partial charge is 0.507 e. The smallest absolute Gasteiger partial charge is 0.242 e. The fourth-order valence-electron chi connectivity index (χ4n) is 4.86. The maximum atomic E-state index is 13.4. The van der Waals surface area contributed by atoms with Gasteiger partial charge in [0.05, 0.1) is 15.1 Å². The maximum Gasteiger partial charge on any atom is 0.242 e. The van der Waals surface area contributed by atoms with E-state index in [9.17, 15) is 13.5 Å². The molecule has 2 aliphatic heterocycles. The number of phenolic OH excluding ortho intramolecular Hbond substituents is 1. The van der Waals surface area contributed by atoms with Crippen molar-refractivity contribution in [1.82, 2.24) is 14.1 Å². The zero-order chi connectivity index (χ0) is 26.7. The SMILES string of the molecule is C=C/C(Br)=C1/N=C(c2ccccc2O)C=C(N(C)C2CCN(S(=O)(=O)c3ccccc3BC)CC2)N1C. The molecule has 2 aromatic rings. The number of piperidine rings is 1. The minimum absolute atomic E-state index is 0.133. The molecule has 10 heteroatoms. The van der Waals surface area contributed by atoms with E-state index in [1.54, 1.807) is 34.6 Å². The Morgan fingerprint density at radius 1 is 1.19 bits per heavy atom. The van der Waals surface area contributed by atoms with Crippen LogP contribution in [0.1, 0.15) is 18.4 Å². The molecule has 0 amide bonds. The van der Waals surface area contributed by atoms with Gasteiger partial charge >= 0.3 is 0 Å². The highest BCUT2D eigenvalue weighted by molar-refractivity contribution is 9.11. The molecule has 0 aromatic heterocycles. The quantitative estimate of drug-likeness (QED) is 0.505. The number of halogens is 1. The third-order valence-electron chi connectivity index (χ3n) is 7.03. The van der Waals surface area contributed by atoms with Crippen LogP contribution in [-0.2, 0) is 10.0 Å². The Kier molecular flexibility index (Phi) is 8.31. The van der Waals surface area contributed by atoms with Crippen molar-refractivity contribution in [2.24, 2.45) is 4.99 Å². The third kappa shape index (κ3) is 5.42. The lowest BCUT2D eigenvalue weighted by molar-refractivity contribution is 0.170. The van der Waals surface area contributed by atoms with E-state index < -0.39 is 10.0 Å². The molecule has 1 fully saturated rings. The van der Waals surface area contributed by atoms with Crippen molar-refractivity contribution in [3.05, 3.63) is 88.9 Å². The Labute approximate surface area is 228 Å². The molecule has 1 saturated heterocycles. The summed E-state index contributed by atoms with van der Waals surface area (Å²) in [5.41, 5.74) is 2.13. The van der Waals surface area contributed by atoms with Crippen LogP contribution in [0.4, 0.5) is 0 Å². The molecule has 0 bridgehead atoms. The molecule has 0 saturated carbocycles. The Balaban J connectivity index is 1.59. The van der Waals surface area contributed by atoms with Gasteiger partial charge in [-0.25, -0.2) is 13.4 Å². The fourth-order valence-corrected chi connectivity index (χ4v) is 6.98. The number of sulfonamides is 1. The molecule has 2 aliphatic rings. The minimum atomic E-state index is -3.54. The average molecular weight is 583 g/mol. The highest BCUT2D eigenvalue weighted by Gasteiger charge is 2.34. The molecule has 37 heavy (non-hydrogen) atoms. The summed E-state index contributed by atoms with van der Waals surface area (Å²) in [4.78, 5) is 9.36. The van der Waals surface area contributed by atoms with E-state index in [2.05, 4.69) is 27.4 Å². The van der Waals surface area contributed by atoms with Crippen LogP contribution in [0, 0.1) is 0 Å². The lowest BCUT2D eigenvalue weighted by Gasteiger charge is -2.42. The van der Waals surface area contributed by atoms with Gasteiger partial charge in [-0.05, 0) is 47.0 Å². The number of allylic oxidation sites excluding steroid dienone is 3. The van der Waals surface area contributed by atoms with Crippen LogP contribution in [-0.4, -0.2) is 73.8 Å². The van der Waals surface area contributed by atoms with Crippen LogP contribution >= 0.6 is 15.9 Å². The van der Waals surface area contributed by atoms with Gasteiger partial charge in [-0.1, -0.05) is 55.3 Å². The fraction of sp³-hybridized carbons (Fsp3) is 0.296. The number of benzene rings is 2. The topological polar surface area (TPSA) is 76.5 Å². The molecule has 0 atom stereocenters. The summed E-state index contributed by atoms with van der Waals surface area (Å²) in [5, 5.41) is 10.5. The van der Waals surface area contributed by atoms with Crippen LogP contribution in [0.5, 0.6) is 5.75 Å². The van der Waals surface area contributed by atoms with Gasteiger partial charge in [0, 0.05) is 44.9 Å². The van der Waals surface area contributed by atoms with E-state index in [0.29, 0.717) is 55.2 Å². The van der Waals surface area contributed by atoms with Gasteiger partial charge in [0.25, 0.3) is 0 Å². The third-order valence-corrected chi connectivity index (χ3v) is 9.71. The zero-order valence-corrected chi connectivity index (χ0v) is 23.8. The van der Waals surface area contributed by atoms with Crippen molar-refractivity contribution < 1.29 is 13.5 Å². The lowest BCUT2D eigenvalue weighted by atomic mass is 9.73. The standard InChI is InChI=1S/C27H32BBrN4O3S/c1-5-22(29)27-30-23(20-10-6-8-12-24(20)34)18-26(32(27)4)31(3)19-14-16-33(17-15-19)37(35,36)25-13-9-7-11-21(25)28-2/h5-13,18-19,28,34H,1,14-17H2,2-4H3/b27-22+. The predicted molar refractivity (Wildman–Crippen MR) is 155 cm³/mol. The number of rotatable bonds is 7. The van der Waals surface area contributed by atoms with Gasteiger partial charge in [-0.2, -0.15) is 4.31 Å². The van der Waals surface area contributed by atoms with Crippen LogP contribution in [0.3, 0.4) is 0 Å². The van der Waals surface area contributed by atoms with E-state index in [1.807, 2.05) is 56.2 Å². The summed E-state index contributed by atoms with van der Waals surface area (Å²) >= 11 is 3.56. The van der Waals surface area contributed by atoms with Crippen LogP contribution in [0.15, 0.2) is 93.3 Å². The normalized spacial score (nSPS) is 18.6. The van der Waals surface area contributed by atoms with Gasteiger partial charge in [-0.3, -0.25) is 0 Å². The second-order valence-electron chi connectivity index (χ2n) is 9.16. The highest BCUT2D eigenvalue weighted by Crippen LogP contribution is 2.32. The van der Waals surface area contributed by atoms with E-state index >= 15 is 0 Å². The monoisotopic (exact) mass is 582 g/mol.